The monoisotopic (exact) mass is 262 g/mol. The fourth-order valence-corrected chi connectivity index (χ4v) is 3.11. The molecule has 1 aliphatic carbocycles. The second kappa shape index (κ2) is 5.61. The van der Waals surface area contributed by atoms with Gasteiger partial charge in [-0.1, -0.05) is 24.3 Å². The Hall–Kier alpha value is -0.900. The molecule has 2 aliphatic rings. The van der Waals surface area contributed by atoms with Crippen LogP contribution in [0.3, 0.4) is 0 Å². The highest BCUT2D eigenvalue weighted by molar-refractivity contribution is 5.31. The van der Waals surface area contributed by atoms with Crippen molar-refractivity contribution in [3.05, 3.63) is 35.4 Å². The summed E-state index contributed by atoms with van der Waals surface area (Å²) in [4.78, 5) is 0. The van der Waals surface area contributed by atoms with Crippen LogP contribution in [0.4, 0.5) is 0 Å². The third-order valence-electron chi connectivity index (χ3n) is 4.29. The summed E-state index contributed by atoms with van der Waals surface area (Å²) in [6.07, 6.45) is 3.50. The highest BCUT2D eigenvalue weighted by atomic mass is 16.5. The Kier molecular flexibility index (Phi) is 3.87. The number of aliphatic hydroxyl groups excluding tert-OH is 1. The number of rotatable bonds is 5. The van der Waals surface area contributed by atoms with E-state index in [4.69, 9.17) is 9.47 Å². The van der Waals surface area contributed by atoms with E-state index in [9.17, 15) is 5.11 Å². The van der Waals surface area contributed by atoms with Gasteiger partial charge in [-0.25, -0.2) is 0 Å². The van der Waals surface area contributed by atoms with Crippen molar-refractivity contribution in [3.8, 4) is 0 Å². The van der Waals surface area contributed by atoms with Crippen molar-refractivity contribution in [1.29, 1.82) is 0 Å². The molecule has 1 heterocycles. The SMILES string of the molecule is COC(C(O)CC1OCCc2ccccc21)C1CC1. The van der Waals surface area contributed by atoms with E-state index in [1.54, 1.807) is 7.11 Å². The molecule has 19 heavy (non-hydrogen) atoms. The van der Waals surface area contributed by atoms with Crippen molar-refractivity contribution in [1.82, 2.24) is 0 Å². The molecule has 0 radical (unpaired) electrons. The van der Waals surface area contributed by atoms with Gasteiger partial charge in [0.1, 0.15) is 0 Å². The van der Waals surface area contributed by atoms with Crippen molar-refractivity contribution in [2.24, 2.45) is 5.92 Å². The summed E-state index contributed by atoms with van der Waals surface area (Å²) in [6, 6.07) is 8.39. The first-order valence-corrected chi connectivity index (χ1v) is 7.20. The molecule has 3 rings (SSSR count). The first-order valence-electron chi connectivity index (χ1n) is 7.20. The average molecular weight is 262 g/mol. The van der Waals surface area contributed by atoms with Gasteiger partial charge in [0.2, 0.25) is 0 Å². The van der Waals surface area contributed by atoms with E-state index >= 15 is 0 Å². The number of benzene rings is 1. The van der Waals surface area contributed by atoms with E-state index in [0.717, 1.165) is 13.0 Å². The maximum atomic E-state index is 10.4. The van der Waals surface area contributed by atoms with Gasteiger partial charge in [0.15, 0.2) is 0 Å². The zero-order chi connectivity index (χ0) is 13.2. The molecule has 3 heteroatoms. The highest BCUT2D eigenvalue weighted by Gasteiger charge is 2.37. The third-order valence-corrected chi connectivity index (χ3v) is 4.29. The number of ether oxygens (including phenoxy) is 2. The maximum absolute atomic E-state index is 10.4. The Balaban J connectivity index is 1.70. The van der Waals surface area contributed by atoms with Crippen molar-refractivity contribution >= 4 is 0 Å². The number of aliphatic hydroxyl groups is 1. The largest absolute Gasteiger partial charge is 0.390 e. The van der Waals surface area contributed by atoms with Crippen LogP contribution in [0.1, 0.15) is 36.5 Å². The molecular formula is C16H22O3. The minimum atomic E-state index is -0.436. The van der Waals surface area contributed by atoms with E-state index in [2.05, 4.69) is 18.2 Å². The van der Waals surface area contributed by atoms with Gasteiger partial charge >= 0.3 is 0 Å². The van der Waals surface area contributed by atoms with Crippen LogP contribution in [0.15, 0.2) is 24.3 Å². The van der Waals surface area contributed by atoms with Crippen LogP contribution < -0.4 is 0 Å². The summed E-state index contributed by atoms with van der Waals surface area (Å²) < 4.78 is 11.3. The van der Waals surface area contributed by atoms with E-state index < -0.39 is 6.10 Å². The molecular weight excluding hydrogens is 240 g/mol. The normalized spacial score (nSPS) is 25.7. The molecule has 0 spiro atoms. The lowest BCUT2D eigenvalue weighted by atomic mass is 9.92. The Bertz CT molecular complexity index is 428. The summed E-state index contributed by atoms with van der Waals surface area (Å²) in [5.41, 5.74) is 2.59. The molecule has 1 aliphatic heterocycles. The molecule has 3 atom stereocenters. The average Bonchev–Trinajstić information content (AvgIpc) is 3.25. The zero-order valence-electron chi connectivity index (χ0n) is 11.4. The van der Waals surface area contributed by atoms with Gasteiger partial charge in [0.05, 0.1) is 24.9 Å². The summed E-state index contributed by atoms with van der Waals surface area (Å²) in [5.74, 6) is 0.541. The molecule has 0 aromatic heterocycles. The third kappa shape index (κ3) is 2.83. The molecule has 1 aromatic rings. The lowest BCUT2D eigenvalue weighted by Gasteiger charge is -2.30. The van der Waals surface area contributed by atoms with Crippen LogP contribution in [-0.4, -0.2) is 31.0 Å². The first kappa shape index (κ1) is 13.1. The zero-order valence-corrected chi connectivity index (χ0v) is 11.4. The molecule has 104 valence electrons. The van der Waals surface area contributed by atoms with E-state index in [-0.39, 0.29) is 12.2 Å². The molecule has 1 fully saturated rings. The fourth-order valence-electron chi connectivity index (χ4n) is 3.11. The molecule has 0 saturated heterocycles. The fraction of sp³-hybridized carbons (Fsp3) is 0.625. The van der Waals surface area contributed by atoms with Crippen molar-refractivity contribution < 1.29 is 14.6 Å². The second-order valence-electron chi connectivity index (χ2n) is 5.65. The molecule has 1 aromatic carbocycles. The Labute approximate surface area is 114 Å². The topological polar surface area (TPSA) is 38.7 Å². The van der Waals surface area contributed by atoms with Gasteiger partial charge in [-0.2, -0.15) is 0 Å². The number of fused-ring (bicyclic) bond motifs is 1. The van der Waals surface area contributed by atoms with Crippen LogP contribution >= 0.6 is 0 Å². The minimum Gasteiger partial charge on any atom is -0.390 e. The quantitative estimate of drug-likeness (QED) is 0.886. The Morgan fingerprint density at radius 2 is 2.16 bits per heavy atom. The van der Waals surface area contributed by atoms with Crippen molar-refractivity contribution in [2.75, 3.05) is 13.7 Å². The van der Waals surface area contributed by atoms with E-state index in [1.807, 2.05) is 6.07 Å². The highest BCUT2D eigenvalue weighted by Crippen LogP contribution is 2.38. The minimum absolute atomic E-state index is 0.0105. The number of methoxy groups -OCH3 is 1. The van der Waals surface area contributed by atoms with Crippen molar-refractivity contribution in [3.63, 3.8) is 0 Å². The standard InChI is InChI=1S/C16H22O3/c1-18-16(12-6-7-12)14(17)10-15-13-5-3-2-4-11(13)8-9-19-15/h2-5,12,14-17H,6-10H2,1H3. The molecule has 1 N–H and O–H groups in total. The predicted octanol–water partition coefficient (Wildman–Crippen LogP) is 2.48. The molecule has 0 bridgehead atoms. The Morgan fingerprint density at radius 1 is 1.37 bits per heavy atom. The maximum Gasteiger partial charge on any atom is 0.0859 e. The molecule has 3 unspecified atom stereocenters. The van der Waals surface area contributed by atoms with Crippen LogP contribution in [0, 0.1) is 5.92 Å². The molecule has 3 nitrogen and oxygen atoms in total. The smallest absolute Gasteiger partial charge is 0.0859 e. The second-order valence-corrected chi connectivity index (χ2v) is 5.65. The van der Waals surface area contributed by atoms with Gasteiger partial charge < -0.3 is 14.6 Å². The lowest BCUT2D eigenvalue weighted by molar-refractivity contribution is -0.0621. The summed E-state index contributed by atoms with van der Waals surface area (Å²) in [7, 11) is 1.70. The van der Waals surface area contributed by atoms with Gasteiger partial charge in [-0.3, -0.25) is 0 Å². The lowest BCUT2D eigenvalue weighted by Crippen LogP contribution is -2.33. The summed E-state index contributed by atoms with van der Waals surface area (Å²) in [5, 5.41) is 10.4. The van der Waals surface area contributed by atoms with Crippen LogP contribution in [0.25, 0.3) is 0 Å². The van der Waals surface area contributed by atoms with Gasteiger partial charge in [-0.05, 0) is 36.3 Å². The van der Waals surface area contributed by atoms with Gasteiger partial charge in [0.25, 0.3) is 0 Å². The summed E-state index contributed by atoms with van der Waals surface area (Å²) >= 11 is 0. The van der Waals surface area contributed by atoms with Crippen LogP contribution in [0.2, 0.25) is 0 Å². The summed E-state index contributed by atoms with van der Waals surface area (Å²) in [6.45, 7) is 0.746. The molecule has 1 saturated carbocycles. The van der Waals surface area contributed by atoms with Crippen LogP contribution in [0.5, 0.6) is 0 Å². The predicted molar refractivity (Wildman–Crippen MR) is 73.0 cm³/mol. The van der Waals surface area contributed by atoms with E-state index in [0.29, 0.717) is 12.3 Å². The number of hydrogen-bond acceptors (Lipinski definition) is 3. The first-order chi connectivity index (χ1) is 9.29. The van der Waals surface area contributed by atoms with Crippen LogP contribution in [-0.2, 0) is 15.9 Å². The number of hydrogen-bond donors (Lipinski definition) is 1. The van der Waals surface area contributed by atoms with E-state index in [1.165, 1.54) is 24.0 Å². The van der Waals surface area contributed by atoms with Gasteiger partial charge in [-0.15, -0.1) is 0 Å². The molecule has 0 amide bonds. The van der Waals surface area contributed by atoms with Crippen molar-refractivity contribution in [2.45, 2.75) is 44.0 Å². The van der Waals surface area contributed by atoms with Gasteiger partial charge in [0, 0.05) is 13.5 Å². The Morgan fingerprint density at radius 3 is 2.89 bits per heavy atom.